The van der Waals surface area contributed by atoms with Gasteiger partial charge >= 0.3 is 6.18 Å². The van der Waals surface area contributed by atoms with E-state index in [9.17, 15) is 22.4 Å². The number of anilines is 1. The molecule has 2 aliphatic rings. The number of alkyl halides is 3. The molecule has 11 heteroatoms. The van der Waals surface area contributed by atoms with Gasteiger partial charge in [0.15, 0.2) is 0 Å². The number of likely N-dealkylation sites (tertiary alicyclic amines) is 1. The summed E-state index contributed by atoms with van der Waals surface area (Å²) >= 11 is 0. The van der Waals surface area contributed by atoms with Crippen LogP contribution in [0.5, 0.6) is 0 Å². The van der Waals surface area contributed by atoms with Gasteiger partial charge in [0.1, 0.15) is 12.1 Å². The minimum Gasteiger partial charge on any atom is -0.445 e. The summed E-state index contributed by atoms with van der Waals surface area (Å²) in [4.78, 5) is 26.5. The highest BCUT2D eigenvalue weighted by Gasteiger charge is 2.48. The number of oxazole rings is 1. The van der Waals surface area contributed by atoms with E-state index >= 15 is 0 Å². The van der Waals surface area contributed by atoms with Crippen molar-refractivity contribution in [3.05, 3.63) is 60.0 Å². The Hall–Kier alpha value is -3.50. The fourth-order valence-electron chi connectivity index (χ4n) is 4.55. The third kappa shape index (κ3) is 3.57. The summed E-state index contributed by atoms with van der Waals surface area (Å²) in [6.07, 6.45) is 1.08. The van der Waals surface area contributed by atoms with Crippen LogP contribution < -0.4 is 5.32 Å². The molecule has 1 aliphatic heterocycles. The summed E-state index contributed by atoms with van der Waals surface area (Å²) in [6.45, 7) is 0.467. The van der Waals surface area contributed by atoms with E-state index in [1.165, 1.54) is 24.6 Å². The Morgan fingerprint density at radius 3 is 2.59 bits per heavy atom. The number of rotatable bonds is 4. The fraction of sp³-hybridized carbons (Fsp3) is 0.333. The summed E-state index contributed by atoms with van der Waals surface area (Å²) < 4.78 is 58.2. The molecular weight excluding hydrogens is 430 g/mol. The van der Waals surface area contributed by atoms with Crippen molar-refractivity contribution < 1.29 is 26.8 Å². The lowest BCUT2D eigenvalue weighted by Gasteiger charge is -2.34. The second-order valence-electron chi connectivity index (χ2n) is 7.91. The van der Waals surface area contributed by atoms with Gasteiger partial charge in [0.05, 0.1) is 28.9 Å². The Labute approximate surface area is 179 Å². The Morgan fingerprint density at radius 1 is 1.16 bits per heavy atom. The Bertz CT molecular complexity index is 1130. The molecule has 3 heterocycles. The van der Waals surface area contributed by atoms with Crippen LogP contribution in [-0.4, -0.2) is 44.4 Å². The summed E-state index contributed by atoms with van der Waals surface area (Å²) in [7, 11) is 0. The molecule has 1 saturated heterocycles. The molecule has 1 amide bonds. The highest BCUT2D eigenvalue weighted by atomic mass is 19.4. The number of fused-ring (bicyclic) bond motifs is 2. The van der Waals surface area contributed by atoms with Crippen LogP contribution in [0.3, 0.4) is 0 Å². The van der Waals surface area contributed by atoms with Crippen LogP contribution in [0.15, 0.2) is 47.5 Å². The number of nitrogens with one attached hydrogen (secondary N) is 1. The van der Waals surface area contributed by atoms with Crippen molar-refractivity contribution in [3.63, 3.8) is 0 Å². The van der Waals surface area contributed by atoms with Gasteiger partial charge in [-0.25, -0.2) is 19.3 Å². The van der Waals surface area contributed by atoms with E-state index in [0.29, 0.717) is 31.8 Å². The van der Waals surface area contributed by atoms with Crippen molar-refractivity contribution in [1.29, 1.82) is 0 Å². The highest BCUT2D eigenvalue weighted by Crippen LogP contribution is 2.41. The number of piperidine rings is 1. The van der Waals surface area contributed by atoms with Gasteiger partial charge < -0.3 is 14.6 Å². The third-order valence-corrected chi connectivity index (χ3v) is 5.93. The number of carbonyl (C=O) groups is 1. The molecule has 1 N–H and O–H groups in total. The second-order valence-corrected chi connectivity index (χ2v) is 7.91. The maximum atomic E-state index is 14.7. The number of aromatic nitrogens is 3. The van der Waals surface area contributed by atoms with Crippen molar-refractivity contribution in [2.24, 2.45) is 5.92 Å². The molecule has 5 rings (SSSR count). The lowest BCUT2D eigenvalue weighted by atomic mass is 10.0. The SMILES string of the molecule is O=C(c1c(F)cccc1-c1ncco1)N1CC2CC(Nc3ncc(C(F)(F)F)cn3)C1C2. The van der Waals surface area contributed by atoms with E-state index in [2.05, 4.69) is 20.3 Å². The third-order valence-electron chi connectivity index (χ3n) is 5.93. The van der Waals surface area contributed by atoms with E-state index in [0.717, 1.165) is 0 Å². The van der Waals surface area contributed by atoms with E-state index in [4.69, 9.17) is 4.42 Å². The average molecular weight is 447 g/mol. The summed E-state index contributed by atoms with van der Waals surface area (Å²) in [5.41, 5.74) is -0.795. The average Bonchev–Trinajstić information content (AvgIpc) is 3.50. The minimum atomic E-state index is -4.52. The molecule has 2 aromatic heterocycles. The second kappa shape index (κ2) is 7.57. The lowest BCUT2D eigenvalue weighted by molar-refractivity contribution is -0.138. The monoisotopic (exact) mass is 447 g/mol. The van der Waals surface area contributed by atoms with Crippen LogP contribution >= 0.6 is 0 Å². The summed E-state index contributed by atoms with van der Waals surface area (Å²) in [5, 5.41) is 3.04. The number of halogens is 4. The van der Waals surface area contributed by atoms with Crippen molar-refractivity contribution in [2.75, 3.05) is 11.9 Å². The van der Waals surface area contributed by atoms with Gasteiger partial charge in [-0.3, -0.25) is 4.79 Å². The van der Waals surface area contributed by atoms with E-state index < -0.39 is 23.5 Å². The summed E-state index contributed by atoms with van der Waals surface area (Å²) in [6, 6.07) is 3.73. The molecule has 1 saturated carbocycles. The van der Waals surface area contributed by atoms with Crippen LogP contribution in [0.25, 0.3) is 11.5 Å². The normalized spacial score (nSPS) is 22.4. The zero-order chi connectivity index (χ0) is 22.5. The van der Waals surface area contributed by atoms with Crippen molar-refractivity contribution in [1.82, 2.24) is 19.9 Å². The number of amides is 1. The van der Waals surface area contributed by atoms with E-state index in [1.807, 2.05) is 0 Å². The fourth-order valence-corrected chi connectivity index (χ4v) is 4.55. The van der Waals surface area contributed by atoms with Crippen LogP contribution in [0.4, 0.5) is 23.5 Å². The van der Waals surface area contributed by atoms with Gasteiger partial charge in [0.25, 0.3) is 5.91 Å². The first-order valence-corrected chi connectivity index (χ1v) is 9.96. The van der Waals surface area contributed by atoms with Crippen LogP contribution in [-0.2, 0) is 6.18 Å². The standard InChI is InChI=1S/C21H17F4N5O2/c22-14-3-1-2-13(18-26-4-5-32-18)17(14)19(31)30-10-11-6-15(16(30)7-11)29-20-27-8-12(9-28-20)21(23,24)25/h1-5,8-9,11,15-16H,6-7,10H2,(H,27,28,29). The number of nitrogens with zero attached hydrogens (tertiary/aromatic N) is 4. The first-order valence-electron chi connectivity index (χ1n) is 9.96. The molecular formula is C21H17F4N5O2. The first kappa shape index (κ1) is 20.4. The van der Waals surface area contributed by atoms with Gasteiger partial charge in [-0.1, -0.05) is 6.07 Å². The molecule has 2 bridgehead atoms. The van der Waals surface area contributed by atoms with Crippen molar-refractivity contribution in [2.45, 2.75) is 31.1 Å². The zero-order valence-electron chi connectivity index (χ0n) is 16.5. The van der Waals surface area contributed by atoms with Gasteiger partial charge in [0.2, 0.25) is 11.8 Å². The predicted molar refractivity (Wildman–Crippen MR) is 104 cm³/mol. The quantitative estimate of drug-likeness (QED) is 0.609. The van der Waals surface area contributed by atoms with E-state index in [-0.39, 0.29) is 41.0 Å². The Balaban J connectivity index is 1.37. The summed E-state index contributed by atoms with van der Waals surface area (Å²) in [5.74, 6) is -0.778. The minimum absolute atomic E-state index is 0.0503. The smallest absolute Gasteiger partial charge is 0.419 e. The number of benzene rings is 1. The van der Waals surface area contributed by atoms with Gasteiger partial charge in [-0.05, 0) is 30.9 Å². The van der Waals surface area contributed by atoms with Crippen LogP contribution in [0.2, 0.25) is 0 Å². The molecule has 3 unspecified atom stereocenters. The Morgan fingerprint density at radius 2 is 1.94 bits per heavy atom. The van der Waals surface area contributed by atoms with Gasteiger partial charge in [0, 0.05) is 25.0 Å². The number of hydrogen-bond donors (Lipinski definition) is 1. The number of carbonyl (C=O) groups excluding carboxylic acids is 1. The molecule has 7 nitrogen and oxygen atoms in total. The zero-order valence-corrected chi connectivity index (χ0v) is 16.5. The van der Waals surface area contributed by atoms with Gasteiger partial charge in [-0.15, -0.1) is 0 Å². The molecule has 0 radical (unpaired) electrons. The molecule has 3 atom stereocenters. The van der Waals surface area contributed by atoms with E-state index in [1.54, 1.807) is 11.0 Å². The topological polar surface area (TPSA) is 84.2 Å². The maximum Gasteiger partial charge on any atom is 0.419 e. The van der Waals surface area contributed by atoms with Crippen LogP contribution in [0, 0.1) is 11.7 Å². The molecule has 1 aliphatic carbocycles. The Kier molecular flexibility index (Phi) is 4.83. The van der Waals surface area contributed by atoms with Crippen molar-refractivity contribution in [3.8, 4) is 11.5 Å². The maximum absolute atomic E-state index is 14.7. The molecule has 0 spiro atoms. The molecule has 32 heavy (non-hydrogen) atoms. The molecule has 1 aromatic carbocycles. The van der Waals surface area contributed by atoms with Gasteiger partial charge in [-0.2, -0.15) is 13.2 Å². The van der Waals surface area contributed by atoms with Crippen molar-refractivity contribution >= 4 is 11.9 Å². The van der Waals surface area contributed by atoms with Crippen LogP contribution in [0.1, 0.15) is 28.8 Å². The molecule has 166 valence electrons. The number of hydrogen-bond acceptors (Lipinski definition) is 6. The first-order chi connectivity index (χ1) is 15.3. The lowest BCUT2D eigenvalue weighted by Crippen LogP contribution is -2.48. The molecule has 2 fully saturated rings. The molecule has 3 aromatic rings. The highest BCUT2D eigenvalue weighted by molar-refractivity contribution is 6.00. The largest absolute Gasteiger partial charge is 0.445 e. The predicted octanol–water partition coefficient (Wildman–Crippen LogP) is 4.00.